The molecule has 0 atom stereocenters. The molecule has 0 aliphatic carbocycles. The van der Waals surface area contributed by atoms with E-state index in [9.17, 15) is 0 Å². The van der Waals surface area contributed by atoms with Crippen molar-refractivity contribution >= 4 is 28.1 Å². The number of anilines is 1. The van der Waals surface area contributed by atoms with Crippen LogP contribution < -0.4 is 5.32 Å². The summed E-state index contributed by atoms with van der Waals surface area (Å²) in [6, 6.07) is 8.18. The first kappa shape index (κ1) is 12.2. The second-order valence-corrected chi connectivity index (χ2v) is 5.65. The van der Waals surface area contributed by atoms with Crippen molar-refractivity contribution in [3.63, 3.8) is 0 Å². The predicted octanol–water partition coefficient (Wildman–Crippen LogP) is 4.62. The van der Waals surface area contributed by atoms with Crippen LogP contribution in [0.2, 0.25) is 0 Å². The van der Waals surface area contributed by atoms with E-state index < -0.39 is 0 Å². The average molecular weight is 272 g/mol. The van der Waals surface area contributed by atoms with Crippen LogP contribution in [0.5, 0.6) is 0 Å². The number of hydrogen-bond donors (Lipinski definition) is 1. The SMILES string of the molecule is CC(C)c1nc2cc(NCc3ccsc3)ccc2o1. The van der Waals surface area contributed by atoms with Crippen LogP contribution in [0.15, 0.2) is 39.4 Å². The van der Waals surface area contributed by atoms with E-state index in [4.69, 9.17) is 4.42 Å². The number of rotatable bonds is 4. The van der Waals surface area contributed by atoms with E-state index in [-0.39, 0.29) is 0 Å². The van der Waals surface area contributed by atoms with E-state index in [0.29, 0.717) is 5.92 Å². The van der Waals surface area contributed by atoms with Crippen LogP contribution >= 0.6 is 11.3 Å². The van der Waals surface area contributed by atoms with Gasteiger partial charge in [0.1, 0.15) is 5.52 Å². The van der Waals surface area contributed by atoms with Gasteiger partial charge in [0, 0.05) is 18.2 Å². The molecule has 98 valence electrons. The monoisotopic (exact) mass is 272 g/mol. The minimum absolute atomic E-state index is 0.314. The number of thiophene rings is 1. The number of nitrogens with one attached hydrogen (secondary N) is 1. The van der Waals surface area contributed by atoms with Gasteiger partial charge in [0.15, 0.2) is 11.5 Å². The Morgan fingerprint density at radius 2 is 2.21 bits per heavy atom. The highest BCUT2D eigenvalue weighted by atomic mass is 32.1. The summed E-state index contributed by atoms with van der Waals surface area (Å²) in [4.78, 5) is 4.51. The van der Waals surface area contributed by atoms with Gasteiger partial charge in [-0.2, -0.15) is 11.3 Å². The number of fused-ring (bicyclic) bond motifs is 1. The summed E-state index contributed by atoms with van der Waals surface area (Å²) in [5.41, 5.74) is 4.14. The van der Waals surface area contributed by atoms with Crippen LogP contribution in [0.25, 0.3) is 11.1 Å². The van der Waals surface area contributed by atoms with Crippen LogP contribution in [0.3, 0.4) is 0 Å². The number of oxazole rings is 1. The Morgan fingerprint density at radius 1 is 1.32 bits per heavy atom. The van der Waals surface area contributed by atoms with Gasteiger partial charge in [-0.25, -0.2) is 4.98 Å². The largest absolute Gasteiger partial charge is 0.440 e. The quantitative estimate of drug-likeness (QED) is 0.752. The summed E-state index contributed by atoms with van der Waals surface area (Å²) >= 11 is 1.72. The highest BCUT2D eigenvalue weighted by molar-refractivity contribution is 7.07. The summed E-state index contributed by atoms with van der Waals surface area (Å²) in [5.74, 6) is 1.11. The Kier molecular flexibility index (Phi) is 3.25. The summed E-state index contributed by atoms with van der Waals surface area (Å²) in [6.45, 7) is 5.00. The van der Waals surface area contributed by atoms with E-state index in [1.807, 2.05) is 18.2 Å². The molecule has 0 amide bonds. The maximum atomic E-state index is 5.70. The van der Waals surface area contributed by atoms with E-state index in [0.717, 1.165) is 29.2 Å². The topological polar surface area (TPSA) is 38.1 Å². The fourth-order valence-corrected chi connectivity index (χ4v) is 2.57. The first-order valence-electron chi connectivity index (χ1n) is 6.38. The van der Waals surface area contributed by atoms with Crippen molar-refractivity contribution in [3.8, 4) is 0 Å². The molecule has 3 nitrogen and oxygen atoms in total. The van der Waals surface area contributed by atoms with Gasteiger partial charge in [-0.3, -0.25) is 0 Å². The van der Waals surface area contributed by atoms with Gasteiger partial charge in [-0.15, -0.1) is 0 Å². The molecule has 0 aliphatic heterocycles. The minimum atomic E-state index is 0.314. The lowest BCUT2D eigenvalue weighted by Gasteiger charge is -2.03. The minimum Gasteiger partial charge on any atom is -0.440 e. The Balaban J connectivity index is 1.80. The molecule has 2 heterocycles. The molecule has 0 fully saturated rings. The van der Waals surface area contributed by atoms with Crippen molar-refractivity contribution in [1.29, 1.82) is 0 Å². The average Bonchev–Trinajstić information content (AvgIpc) is 3.04. The summed E-state index contributed by atoms with van der Waals surface area (Å²) in [6.07, 6.45) is 0. The van der Waals surface area contributed by atoms with Gasteiger partial charge in [0.05, 0.1) is 0 Å². The molecular weight excluding hydrogens is 256 g/mol. The van der Waals surface area contributed by atoms with E-state index in [1.165, 1.54) is 5.56 Å². The molecule has 1 aromatic carbocycles. The van der Waals surface area contributed by atoms with Crippen LogP contribution in [0.4, 0.5) is 5.69 Å². The third-order valence-electron chi connectivity index (χ3n) is 2.97. The Labute approximate surface area is 116 Å². The molecule has 2 aromatic heterocycles. The molecule has 0 unspecified atom stereocenters. The maximum absolute atomic E-state index is 5.70. The standard InChI is InChI=1S/C15H16N2OS/c1-10(2)15-17-13-7-12(3-4-14(13)18-15)16-8-11-5-6-19-9-11/h3-7,9-10,16H,8H2,1-2H3. The lowest BCUT2D eigenvalue weighted by atomic mass is 10.2. The number of nitrogens with zero attached hydrogens (tertiary/aromatic N) is 1. The van der Waals surface area contributed by atoms with Crippen LogP contribution in [-0.4, -0.2) is 4.98 Å². The molecular formula is C15H16N2OS. The summed E-state index contributed by atoms with van der Waals surface area (Å²) in [5, 5.41) is 7.64. The first-order valence-corrected chi connectivity index (χ1v) is 7.32. The fraction of sp³-hybridized carbons (Fsp3) is 0.267. The van der Waals surface area contributed by atoms with Crippen molar-refractivity contribution in [2.75, 3.05) is 5.32 Å². The zero-order valence-electron chi connectivity index (χ0n) is 11.0. The van der Waals surface area contributed by atoms with Gasteiger partial charge in [-0.05, 0) is 40.6 Å². The molecule has 19 heavy (non-hydrogen) atoms. The van der Waals surface area contributed by atoms with Crippen molar-refractivity contribution < 1.29 is 4.42 Å². The normalized spacial score (nSPS) is 11.3. The third kappa shape index (κ3) is 2.63. The van der Waals surface area contributed by atoms with Gasteiger partial charge in [-0.1, -0.05) is 13.8 Å². The Bertz CT molecular complexity index is 671. The zero-order chi connectivity index (χ0) is 13.2. The van der Waals surface area contributed by atoms with Crippen molar-refractivity contribution in [2.24, 2.45) is 0 Å². The van der Waals surface area contributed by atoms with E-state index in [1.54, 1.807) is 11.3 Å². The second kappa shape index (κ2) is 5.05. The second-order valence-electron chi connectivity index (χ2n) is 4.87. The predicted molar refractivity (Wildman–Crippen MR) is 79.7 cm³/mol. The molecule has 1 N–H and O–H groups in total. The molecule has 0 saturated carbocycles. The molecule has 3 rings (SSSR count). The smallest absolute Gasteiger partial charge is 0.198 e. The van der Waals surface area contributed by atoms with Crippen LogP contribution in [0.1, 0.15) is 31.2 Å². The molecule has 4 heteroatoms. The highest BCUT2D eigenvalue weighted by Gasteiger charge is 2.09. The number of aromatic nitrogens is 1. The summed E-state index contributed by atoms with van der Waals surface area (Å²) < 4.78 is 5.70. The van der Waals surface area contributed by atoms with Gasteiger partial charge < -0.3 is 9.73 Å². The van der Waals surface area contributed by atoms with Crippen LogP contribution in [0, 0.1) is 0 Å². The maximum Gasteiger partial charge on any atom is 0.198 e. The summed E-state index contributed by atoms with van der Waals surface area (Å²) in [7, 11) is 0. The van der Waals surface area contributed by atoms with E-state index in [2.05, 4.69) is 41.0 Å². The van der Waals surface area contributed by atoms with Crippen molar-refractivity contribution in [2.45, 2.75) is 26.3 Å². The van der Waals surface area contributed by atoms with Gasteiger partial charge in [0.2, 0.25) is 0 Å². The lowest BCUT2D eigenvalue weighted by molar-refractivity contribution is 0.501. The Hall–Kier alpha value is -1.81. The lowest BCUT2D eigenvalue weighted by Crippen LogP contribution is -1.97. The third-order valence-corrected chi connectivity index (χ3v) is 3.71. The van der Waals surface area contributed by atoms with Gasteiger partial charge in [0.25, 0.3) is 0 Å². The first-order chi connectivity index (χ1) is 9.22. The highest BCUT2D eigenvalue weighted by Crippen LogP contribution is 2.24. The Morgan fingerprint density at radius 3 is 2.95 bits per heavy atom. The van der Waals surface area contributed by atoms with Crippen molar-refractivity contribution in [3.05, 3.63) is 46.5 Å². The number of benzene rings is 1. The van der Waals surface area contributed by atoms with Crippen LogP contribution in [-0.2, 0) is 6.54 Å². The van der Waals surface area contributed by atoms with Crippen molar-refractivity contribution in [1.82, 2.24) is 4.98 Å². The molecule has 0 spiro atoms. The molecule has 0 radical (unpaired) electrons. The van der Waals surface area contributed by atoms with E-state index >= 15 is 0 Å². The zero-order valence-corrected chi connectivity index (χ0v) is 11.8. The molecule has 0 bridgehead atoms. The number of hydrogen-bond acceptors (Lipinski definition) is 4. The van der Waals surface area contributed by atoms with Gasteiger partial charge >= 0.3 is 0 Å². The molecule has 3 aromatic rings. The fourth-order valence-electron chi connectivity index (χ4n) is 1.90. The molecule has 0 aliphatic rings. The molecule has 0 saturated heterocycles.